The Kier molecular flexibility index (Phi) is 25.3. The average Bonchev–Trinajstić information content (AvgIpc) is 0.788. The standard InChI is InChI=1S/C83H95N7O9S/c1-6-7-8-29-53-84-70(57-100-83(64-42-21-12-22-43-64,65-44-23-13-24-45-65)66-46-25-14-26-47-66)78(95)90-55-32-50-72(90)79(96)89-54-31-49-71(89)76(93)87-74(58(2)99-81(3,4)5)77(94)85-68(75(92)86-69(80(97)98)56-60-35-30-34-59-33-27-28-48-67(59)60)51-52-73(91)88-82(61-36-15-9-16-37-61,62-38-17-10-18-39-62)63-40-19-11-20-41-63/h9-28,30,33-48,58,68-72,74,84H,6-8,29,31-32,49-57H2,1-5H3,(H,85,94)(H,86,92)(H,87,93)(H,88,91)(H,97,98)/t58-,68+,69+,70+,71+,72+,74+/m1/s1. The quantitative estimate of drug-likeness (QED) is 0.0172. The molecule has 6 amide bonds. The summed E-state index contributed by atoms with van der Waals surface area (Å²) in [6.45, 7) is 10.4. The fourth-order valence-corrected chi connectivity index (χ4v) is 15.9. The predicted octanol–water partition coefficient (Wildman–Crippen LogP) is 12.3. The van der Waals surface area contributed by atoms with Crippen molar-refractivity contribution in [1.29, 1.82) is 0 Å². The summed E-state index contributed by atoms with van der Waals surface area (Å²) in [5.74, 6) is -4.32. The largest absolute Gasteiger partial charge is 0.480 e. The summed E-state index contributed by atoms with van der Waals surface area (Å²) < 4.78 is 5.73. The number of hydrogen-bond donors (Lipinski definition) is 6. The Labute approximate surface area is 592 Å². The smallest absolute Gasteiger partial charge is 0.326 e. The first-order chi connectivity index (χ1) is 48.4. The molecule has 8 aromatic carbocycles. The number of nitrogens with zero attached hydrogens (tertiary/aromatic N) is 2. The lowest BCUT2D eigenvalue weighted by atomic mass is 9.77. The van der Waals surface area contributed by atoms with Crippen molar-refractivity contribution < 1.29 is 43.4 Å². The van der Waals surface area contributed by atoms with Crippen LogP contribution in [0.15, 0.2) is 224 Å². The number of hydrogen-bond acceptors (Lipinski definition) is 10. The number of ether oxygens (including phenoxy) is 1. The van der Waals surface area contributed by atoms with Gasteiger partial charge in [-0.25, -0.2) is 4.79 Å². The van der Waals surface area contributed by atoms with E-state index in [0.717, 1.165) is 69.8 Å². The van der Waals surface area contributed by atoms with E-state index in [-0.39, 0.29) is 44.0 Å². The van der Waals surface area contributed by atoms with Crippen molar-refractivity contribution in [3.8, 4) is 0 Å². The summed E-state index contributed by atoms with van der Waals surface area (Å²) >= 11 is 1.69. The predicted molar refractivity (Wildman–Crippen MR) is 395 cm³/mol. The van der Waals surface area contributed by atoms with E-state index >= 15 is 24.0 Å². The first-order valence-electron chi connectivity index (χ1n) is 35.3. The van der Waals surface area contributed by atoms with Crippen molar-refractivity contribution in [3.63, 3.8) is 0 Å². The zero-order valence-electron chi connectivity index (χ0n) is 58.0. The molecule has 0 spiro atoms. The minimum Gasteiger partial charge on any atom is -0.480 e. The van der Waals surface area contributed by atoms with E-state index in [0.29, 0.717) is 43.7 Å². The molecule has 0 radical (unpaired) electrons. The lowest BCUT2D eigenvalue weighted by molar-refractivity contribution is -0.148. The first-order valence-corrected chi connectivity index (χ1v) is 36.3. The average molecular weight is 1370 g/mol. The van der Waals surface area contributed by atoms with Crippen molar-refractivity contribution in [2.75, 3.05) is 25.4 Å². The fourth-order valence-electron chi connectivity index (χ4n) is 14.3. The highest BCUT2D eigenvalue weighted by molar-refractivity contribution is 8.00. The monoisotopic (exact) mass is 1370 g/mol. The number of amides is 6. The molecule has 522 valence electrons. The SMILES string of the molecule is CCCCCCN[C@@H](CSC(c1ccccc1)(c1ccccc1)c1ccccc1)C(=O)N1CCC[C@H]1C(=O)N1CCC[C@H]1C(=O)N[C@H](C(=O)N[C@@H](CCC(=O)NC(c1ccccc1)(c1ccccc1)c1ccccc1)C(=O)N[C@@H](Cc1cccc2ccccc12)C(=O)O)[C@@H](C)OC(C)(C)C. The van der Waals surface area contributed by atoms with Gasteiger partial charge in [0.2, 0.25) is 35.4 Å². The number of unbranched alkanes of at least 4 members (excludes halogenated alkanes) is 3. The third-order valence-electron chi connectivity index (χ3n) is 19.1. The van der Waals surface area contributed by atoms with Crippen LogP contribution in [-0.2, 0) is 55.0 Å². The fraction of sp³-hybridized carbons (Fsp3) is 0.361. The zero-order valence-corrected chi connectivity index (χ0v) is 58.8. The molecule has 2 aliphatic heterocycles. The third kappa shape index (κ3) is 17.8. The summed E-state index contributed by atoms with van der Waals surface area (Å²) in [6.07, 6.45) is 3.93. The summed E-state index contributed by atoms with van der Waals surface area (Å²) in [7, 11) is 0. The molecule has 10 rings (SSSR count). The second kappa shape index (κ2) is 34.6. The van der Waals surface area contributed by atoms with Gasteiger partial charge in [0.25, 0.3) is 0 Å². The number of carbonyl (C=O) groups excluding carboxylic acids is 6. The Morgan fingerprint density at radius 1 is 0.550 bits per heavy atom. The van der Waals surface area contributed by atoms with Crippen LogP contribution in [0.3, 0.4) is 0 Å². The first kappa shape index (κ1) is 73.3. The van der Waals surface area contributed by atoms with Gasteiger partial charge in [-0.3, -0.25) is 28.8 Å². The van der Waals surface area contributed by atoms with Gasteiger partial charge in [-0.2, -0.15) is 0 Å². The van der Waals surface area contributed by atoms with Crippen LogP contribution in [0.25, 0.3) is 10.8 Å². The zero-order chi connectivity index (χ0) is 70.7. The number of nitrogens with one attached hydrogen (secondary N) is 5. The summed E-state index contributed by atoms with van der Waals surface area (Å²) in [5.41, 5.74) is 4.08. The van der Waals surface area contributed by atoms with E-state index in [1.807, 2.05) is 182 Å². The minimum atomic E-state index is -1.54. The third-order valence-corrected chi connectivity index (χ3v) is 20.8. The van der Waals surface area contributed by atoms with Crippen LogP contribution in [-0.4, -0.2) is 130 Å². The van der Waals surface area contributed by atoms with Gasteiger partial charge in [-0.1, -0.05) is 251 Å². The van der Waals surface area contributed by atoms with Crippen molar-refractivity contribution in [1.82, 2.24) is 36.4 Å². The van der Waals surface area contributed by atoms with Crippen molar-refractivity contribution in [2.24, 2.45) is 0 Å². The van der Waals surface area contributed by atoms with Gasteiger partial charge in [0, 0.05) is 31.7 Å². The molecule has 7 atom stereocenters. The maximum Gasteiger partial charge on any atom is 0.326 e. The summed E-state index contributed by atoms with van der Waals surface area (Å²) in [4.78, 5) is 108. The van der Waals surface area contributed by atoms with Gasteiger partial charge in [-0.15, -0.1) is 11.8 Å². The van der Waals surface area contributed by atoms with E-state index in [9.17, 15) is 14.7 Å². The molecule has 0 saturated carbocycles. The summed E-state index contributed by atoms with van der Waals surface area (Å²) in [6, 6.07) is 65.7. The maximum atomic E-state index is 15.5. The lowest BCUT2D eigenvalue weighted by Crippen LogP contribution is -2.61. The summed E-state index contributed by atoms with van der Waals surface area (Å²) in [5, 5.41) is 28.0. The number of carboxylic acid groups (broad SMARTS) is 1. The van der Waals surface area contributed by atoms with Crippen LogP contribution in [0.5, 0.6) is 0 Å². The van der Waals surface area contributed by atoms with Crippen molar-refractivity contribution in [2.45, 2.75) is 163 Å². The molecule has 2 fully saturated rings. The highest BCUT2D eigenvalue weighted by Gasteiger charge is 2.47. The van der Waals surface area contributed by atoms with E-state index in [4.69, 9.17) is 4.74 Å². The maximum absolute atomic E-state index is 15.5. The minimum absolute atomic E-state index is 0.107. The molecule has 0 unspecified atom stereocenters. The van der Waals surface area contributed by atoms with Crippen LogP contribution in [0.1, 0.15) is 138 Å². The molecule has 0 bridgehead atoms. The van der Waals surface area contributed by atoms with Crippen molar-refractivity contribution in [3.05, 3.63) is 263 Å². The lowest BCUT2D eigenvalue weighted by Gasteiger charge is -2.38. The Bertz CT molecular complexity index is 3820. The molecule has 8 aromatic rings. The number of likely N-dealkylation sites (tertiary alicyclic amines) is 2. The van der Waals surface area contributed by atoms with Crippen molar-refractivity contribution >= 4 is 63.9 Å². The highest BCUT2D eigenvalue weighted by atomic mass is 32.2. The van der Waals surface area contributed by atoms with Gasteiger partial charge in [0.1, 0.15) is 35.7 Å². The van der Waals surface area contributed by atoms with Gasteiger partial charge in [0.15, 0.2) is 0 Å². The van der Waals surface area contributed by atoms with Gasteiger partial charge < -0.3 is 46.2 Å². The number of carboxylic acids is 1. The second-order valence-electron chi connectivity index (χ2n) is 27.2. The number of thioether (sulfide) groups is 1. The Balaban J connectivity index is 0.911. The molecule has 100 heavy (non-hydrogen) atoms. The molecule has 2 saturated heterocycles. The van der Waals surface area contributed by atoms with Crippen LogP contribution < -0.4 is 26.6 Å². The Hall–Kier alpha value is -9.42. The van der Waals surface area contributed by atoms with Gasteiger partial charge in [0.05, 0.1) is 22.5 Å². The van der Waals surface area contributed by atoms with Crippen LogP contribution >= 0.6 is 11.8 Å². The molecular formula is C83H95N7O9S. The molecule has 17 heteroatoms. The van der Waals surface area contributed by atoms with Crippen LogP contribution in [0.4, 0.5) is 0 Å². The molecular weight excluding hydrogens is 1270 g/mol. The number of rotatable bonds is 32. The van der Waals surface area contributed by atoms with E-state index in [1.165, 1.54) is 0 Å². The normalized spacial score (nSPS) is 16.4. The Morgan fingerprint density at radius 2 is 1.04 bits per heavy atom. The Morgan fingerprint density at radius 3 is 1.57 bits per heavy atom. The highest BCUT2D eigenvalue weighted by Crippen LogP contribution is 2.49. The van der Waals surface area contributed by atoms with Gasteiger partial charge >= 0.3 is 5.97 Å². The molecule has 2 heterocycles. The van der Waals surface area contributed by atoms with E-state index in [2.05, 4.69) is 69.9 Å². The molecule has 2 aliphatic rings. The number of carbonyl (C=O) groups is 7. The number of benzene rings is 8. The van der Waals surface area contributed by atoms with E-state index < -0.39 is 87.8 Å². The molecule has 6 N–H and O–H groups in total. The number of fused-ring (bicyclic) bond motifs is 1. The van der Waals surface area contributed by atoms with Gasteiger partial charge in [-0.05, 0) is 122 Å². The molecule has 0 aromatic heterocycles. The van der Waals surface area contributed by atoms with Crippen LogP contribution in [0, 0.1) is 0 Å². The molecule has 16 nitrogen and oxygen atoms in total. The van der Waals surface area contributed by atoms with Crippen LogP contribution in [0.2, 0.25) is 0 Å². The second-order valence-corrected chi connectivity index (χ2v) is 28.4. The number of aliphatic carboxylic acids is 1. The molecule has 0 aliphatic carbocycles. The van der Waals surface area contributed by atoms with E-state index in [1.54, 1.807) is 55.3 Å². The topological polar surface area (TPSA) is 216 Å².